The molecule has 24 heavy (non-hydrogen) atoms. The van der Waals surface area contributed by atoms with Gasteiger partial charge in [-0.15, -0.1) is 0 Å². The number of benzene rings is 1. The standard InChI is InChI=1S/C17H19FN2O4/c18-12-5-2-11(3-6-12)4-7-14(22)20-16-8-1-9-17(16,15(19)23)24-10-13(16)21/h2-3,5-6H,1,4,7-10H2,(H2,19,23)(H,20,22). The first-order valence-corrected chi connectivity index (χ1v) is 7.92. The summed E-state index contributed by atoms with van der Waals surface area (Å²) in [5.41, 5.74) is 3.50. The van der Waals surface area contributed by atoms with E-state index in [1.165, 1.54) is 12.1 Å². The van der Waals surface area contributed by atoms with E-state index >= 15 is 0 Å². The summed E-state index contributed by atoms with van der Waals surface area (Å²) in [6.07, 6.45) is 1.77. The number of nitrogens with two attached hydrogens (primary N) is 1. The van der Waals surface area contributed by atoms with Crippen molar-refractivity contribution in [2.75, 3.05) is 6.61 Å². The number of hydrogen-bond acceptors (Lipinski definition) is 4. The van der Waals surface area contributed by atoms with Crippen molar-refractivity contribution in [2.24, 2.45) is 5.73 Å². The van der Waals surface area contributed by atoms with Crippen molar-refractivity contribution in [3.63, 3.8) is 0 Å². The summed E-state index contributed by atoms with van der Waals surface area (Å²) in [4.78, 5) is 36.6. The molecule has 1 aliphatic heterocycles. The van der Waals surface area contributed by atoms with Gasteiger partial charge in [-0.25, -0.2) is 4.39 Å². The Morgan fingerprint density at radius 1 is 1.25 bits per heavy atom. The molecule has 0 bridgehead atoms. The normalized spacial score (nSPS) is 28.6. The van der Waals surface area contributed by atoms with Crippen LogP contribution in [0.4, 0.5) is 4.39 Å². The second kappa shape index (κ2) is 5.98. The van der Waals surface area contributed by atoms with Crippen molar-refractivity contribution in [1.82, 2.24) is 5.32 Å². The molecule has 2 fully saturated rings. The quantitative estimate of drug-likeness (QED) is 0.825. The van der Waals surface area contributed by atoms with Crippen LogP contribution in [-0.2, 0) is 25.5 Å². The number of fused-ring (bicyclic) bond motifs is 1. The van der Waals surface area contributed by atoms with E-state index in [1.54, 1.807) is 12.1 Å². The Morgan fingerprint density at radius 2 is 1.96 bits per heavy atom. The van der Waals surface area contributed by atoms with E-state index in [0.717, 1.165) is 5.56 Å². The van der Waals surface area contributed by atoms with Gasteiger partial charge < -0.3 is 15.8 Å². The van der Waals surface area contributed by atoms with Crippen LogP contribution in [0.1, 0.15) is 31.2 Å². The fourth-order valence-electron chi connectivity index (χ4n) is 3.74. The van der Waals surface area contributed by atoms with Crippen molar-refractivity contribution >= 4 is 17.6 Å². The number of ketones is 1. The van der Waals surface area contributed by atoms with Crippen LogP contribution in [0.5, 0.6) is 0 Å². The Hall–Kier alpha value is -2.28. The molecule has 0 aromatic heterocycles. The van der Waals surface area contributed by atoms with Gasteiger partial charge in [-0.05, 0) is 43.4 Å². The maximum absolute atomic E-state index is 12.9. The van der Waals surface area contributed by atoms with E-state index in [-0.39, 0.29) is 30.5 Å². The van der Waals surface area contributed by atoms with Crippen molar-refractivity contribution < 1.29 is 23.5 Å². The Labute approximate surface area is 138 Å². The van der Waals surface area contributed by atoms with E-state index in [4.69, 9.17) is 10.5 Å². The van der Waals surface area contributed by atoms with E-state index in [1.807, 2.05) is 0 Å². The molecule has 0 spiro atoms. The van der Waals surface area contributed by atoms with Gasteiger partial charge in [-0.1, -0.05) is 12.1 Å². The van der Waals surface area contributed by atoms with Crippen molar-refractivity contribution in [3.05, 3.63) is 35.6 Å². The molecule has 2 atom stereocenters. The zero-order valence-electron chi connectivity index (χ0n) is 13.1. The van der Waals surface area contributed by atoms with Gasteiger partial charge in [-0.2, -0.15) is 0 Å². The van der Waals surface area contributed by atoms with Gasteiger partial charge in [-0.3, -0.25) is 14.4 Å². The minimum atomic E-state index is -1.43. The smallest absolute Gasteiger partial charge is 0.252 e. The van der Waals surface area contributed by atoms with Crippen LogP contribution in [-0.4, -0.2) is 35.3 Å². The van der Waals surface area contributed by atoms with Crippen molar-refractivity contribution in [1.29, 1.82) is 0 Å². The molecule has 3 rings (SSSR count). The summed E-state index contributed by atoms with van der Waals surface area (Å²) >= 11 is 0. The lowest BCUT2D eigenvalue weighted by Crippen LogP contribution is -2.66. The number of nitrogens with one attached hydrogen (secondary N) is 1. The highest BCUT2D eigenvalue weighted by molar-refractivity contribution is 6.05. The summed E-state index contributed by atoms with van der Waals surface area (Å²) in [6.45, 7) is -0.221. The van der Waals surface area contributed by atoms with E-state index in [0.29, 0.717) is 25.7 Å². The summed E-state index contributed by atoms with van der Waals surface area (Å²) in [5, 5.41) is 2.72. The van der Waals surface area contributed by atoms with E-state index in [9.17, 15) is 18.8 Å². The summed E-state index contributed by atoms with van der Waals surface area (Å²) < 4.78 is 18.3. The van der Waals surface area contributed by atoms with Crippen LogP contribution < -0.4 is 11.1 Å². The number of aryl methyl sites for hydroxylation is 1. The van der Waals surface area contributed by atoms with Crippen LogP contribution >= 0.6 is 0 Å². The first-order chi connectivity index (χ1) is 11.4. The van der Waals surface area contributed by atoms with Crippen LogP contribution in [0.25, 0.3) is 0 Å². The number of hydrogen-bond donors (Lipinski definition) is 2. The summed E-state index contributed by atoms with van der Waals surface area (Å²) in [6, 6.07) is 5.87. The largest absolute Gasteiger partial charge is 0.367 e. The fourth-order valence-corrected chi connectivity index (χ4v) is 3.74. The summed E-state index contributed by atoms with van der Waals surface area (Å²) in [5.74, 6) is -1.72. The molecule has 6 nitrogen and oxygen atoms in total. The molecule has 2 aliphatic rings. The lowest BCUT2D eigenvalue weighted by molar-refractivity contribution is -0.144. The maximum Gasteiger partial charge on any atom is 0.252 e. The van der Waals surface area contributed by atoms with Crippen LogP contribution in [0.15, 0.2) is 24.3 Å². The third-order valence-electron chi connectivity index (χ3n) is 5.00. The van der Waals surface area contributed by atoms with Gasteiger partial charge in [0.25, 0.3) is 5.91 Å². The second-order valence-corrected chi connectivity index (χ2v) is 6.34. The number of ether oxygens (including phenoxy) is 1. The molecule has 1 aliphatic carbocycles. The van der Waals surface area contributed by atoms with Crippen LogP contribution in [0.2, 0.25) is 0 Å². The Balaban J connectivity index is 1.71. The number of primary amides is 1. The molecule has 7 heteroatoms. The first-order valence-electron chi connectivity index (χ1n) is 7.92. The third-order valence-corrected chi connectivity index (χ3v) is 5.00. The highest BCUT2D eigenvalue weighted by atomic mass is 19.1. The zero-order chi connectivity index (χ0) is 17.4. The summed E-state index contributed by atoms with van der Waals surface area (Å²) in [7, 11) is 0. The molecule has 1 aromatic carbocycles. The van der Waals surface area contributed by atoms with E-state index in [2.05, 4.69) is 5.32 Å². The number of halogens is 1. The maximum atomic E-state index is 12.9. The molecule has 3 N–H and O–H groups in total. The second-order valence-electron chi connectivity index (χ2n) is 6.34. The Kier molecular flexibility index (Phi) is 4.13. The molecule has 128 valence electrons. The number of carbonyl (C=O) groups is 3. The van der Waals surface area contributed by atoms with Crippen molar-refractivity contribution in [2.45, 2.75) is 43.2 Å². The van der Waals surface area contributed by atoms with Gasteiger partial charge >= 0.3 is 0 Å². The number of rotatable bonds is 5. The zero-order valence-corrected chi connectivity index (χ0v) is 13.1. The van der Waals surface area contributed by atoms with Crippen molar-refractivity contribution in [3.8, 4) is 0 Å². The van der Waals surface area contributed by atoms with Crippen LogP contribution in [0.3, 0.4) is 0 Å². The van der Waals surface area contributed by atoms with E-state index < -0.39 is 17.0 Å². The predicted molar refractivity (Wildman–Crippen MR) is 82.3 cm³/mol. The molecule has 1 aromatic rings. The molecular weight excluding hydrogens is 315 g/mol. The topological polar surface area (TPSA) is 98.5 Å². The molecular formula is C17H19FN2O4. The Bertz CT molecular complexity index is 690. The average Bonchev–Trinajstić information content (AvgIpc) is 3.04. The molecule has 2 amide bonds. The Morgan fingerprint density at radius 3 is 2.62 bits per heavy atom. The number of Topliss-reactive ketones (excluding diaryl/α,β-unsaturated/α-hetero) is 1. The van der Waals surface area contributed by atoms with Gasteiger partial charge in [0.15, 0.2) is 11.4 Å². The monoisotopic (exact) mass is 334 g/mol. The molecule has 1 saturated carbocycles. The predicted octanol–water partition coefficient (Wildman–Crippen LogP) is 0.621. The number of amides is 2. The lowest BCUT2D eigenvalue weighted by Gasteiger charge is -2.35. The minimum absolute atomic E-state index is 0.121. The fraction of sp³-hybridized carbons (Fsp3) is 0.471. The highest BCUT2D eigenvalue weighted by Crippen LogP contribution is 2.46. The van der Waals surface area contributed by atoms with Gasteiger partial charge in [0.1, 0.15) is 18.0 Å². The first kappa shape index (κ1) is 16.6. The highest BCUT2D eigenvalue weighted by Gasteiger charge is 2.68. The average molecular weight is 334 g/mol. The van der Waals surface area contributed by atoms with Crippen LogP contribution in [0, 0.1) is 5.82 Å². The van der Waals surface area contributed by atoms with Gasteiger partial charge in [0.2, 0.25) is 5.91 Å². The lowest BCUT2D eigenvalue weighted by atomic mass is 9.80. The SMILES string of the molecule is NC(=O)C12CCCC1(NC(=O)CCc1ccc(F)cc1)C(=O)CO2. The van der Waals surface area contributed by atoms with Gasteiger partial charge in [0, 0.05) is 6.42 Å². The molecule has 2 unspecified atom stereocenters. The molecule has 1 heterocycles. The van der Waals surface area contributed by atoms with Gasteiger partial charge in [0.05, 0.1) is 0 Å². The minimum Gasteiger partial charge on any atom is -0.367 e. The number of carbonyl (C=O) groups excluding carboxylic acids is 3. The molecule has 1 saturated heterocycles. The molecule has 0 radical (unpaired) electrons. The third kappa shape index (κ3) is 2.49.